The van der Waals surface area contributed by atoms with Gasteiger partial charge in [0.15, 0.2) is 5.13 Å². The molecule has 0 unspecified atom stereocenters. The van der Waals surface area contributed by atoms with Crippen molar-refractivity contribution in [1.29, 1.82) is 0 Å². The minimum absolute atomic E-state index is 0.200. The smallest absolute Gasteiger partial charge is 0.277 e. The summed E-state index contributed by atoms with van der Waals surface area (Å²) in [4.78, 5) is 28.6. The van der Waals surface area contributed by atoms with E-state index in [-0.39, 0.29) is 23.1 Å². The Morgan fingerprint density at radius 3 is 2.83 bits per heavy atom. The van der Waals surface area contributed by atoms with Gasteiger partial charge in [-0.15, -0.1) is 0 Å². The van der Waals surface area contributed by atoms with Gasteiger partial charge in [0, 0.05) is 12.6 Å². The summed E-state index contributed by atoms with van der Waals surface area (Å²) < 4.78 is 2.34. The van der Waals surface area contributed by atoms with Crippen LogP contribution in [0.4, 0.5) is 5.13 Å². The third-order valence-electron chi connectivity index (χ3n) is 3.40. The number of fused-ring (bicyclic) bond motifs is 1. The molecule has 6 nitrogen and oxygen atoms in total. The van der Waals surface area contributed by atoms with Crippen LogP contribution in [0.15, 0.2) is 35.1 Å². The van der Waals surface area contributed by atoms with Gasteiger partial charge < -0.3 is 0 Å². The van der Waals surface area contributed by atoms with Gasteiger partial charge in [-0.05, 0) is 36.6 Å². The molecule has 0 bridgehead atoms. The maximum Gasteiger partial charge on any atom is 0.277 e. The van der Waals surface area contributed by atoms with Crippen LogP contribution < -0.4 is 10.9 Å². The highest BCUT2D eigenvalue weighted by atomic mass is 32.1. The molecule has 2 heterocycles. The summed E-state index contributed by atoms with van der Waals surface area (Å²) >= 11 is 1.41. The van der Waals surface area contributed by atoms with Crippen LogP contribution in [-0.2, 0) is 6.54 Å². The van der Waals surface area contributed by atoms with E-state index in [2.05, 4.69) is 15.4 Å². The maximum atomic E-state index is 12.4. The highest BCUT2D eigenvalue weighted by Crippen LogP contribution is 2.26. The molecule has 24 heavy (non-hydrogen) atoms. The Hall–Kier alpha value is -2.54. The fraction of sp³-hybridized carbons (Fsp3) is 0.294. The van der Waals surface area contributed by atoms with Crippen LogP contribution in [0.5, 0.6) is 0 Å². The van der Waals surface area contributed by atoms with Crippen molar-refractivity contribution in [2.75, 3.05) is 5.32 Å². The Kier molecular flexibility index (Phi) is 4.44. The van der Waals surface area contributed by atoms with E-state index in [0.29, 0.717) is 11.7 Å². The van der Waals surface area contributed by atoms with E-state index in [1.165, 1.54) is 28.2 Å². The second kappa shape index (κ2) is 6.52. The Balaban J connectivity index is 1.84. The Bertz CT molecular complexity index is 959. The van der Waals surface area contributed by atoms with E-state index >= 15 is 0 Å². The molecular formula is C17H18N4O2S. The second-order valence-corrected chi connectivity index (χ2v) is 7.11. The van der Waals surface area contributed by atoms with Crippen LogP contribution in [0.25, 0.3) is 10.2 Å². The molecule has 124 valence electrons. The van der Waals surface area contributed by atoms with Crippen LogP contribution in [0.1, 0.15) is 29.9 Å². The van der Waals surface area contributed by atoms with Crippen molar-refractivity contribution in [2.45, 2.75) is 27.3 Å². The summed E-state index contributed by atoms with van der Waals surface area (Å²) in [5.74, 6) is -0.107. The van der Waals surface area contributed by atoms with E-state index in [0.717, 1.165) is 15.8 Å². The van der Waals surface area contributed by atoms with Gasteiger partial charge in [0.25, 0.3) is 11.5 Å². The topological polar surface area (TPSA) is 76.9 Å². The van der Waals surface area contributed by atoms with E-state index < -0.39 is 0 Å². The number of nitrogens with one attached hydrogen (secondary N) is 1. The Morgan fingerprint density at radius 1 is 1.29 bits per heavy atom. The number of hydrogen-bond donors (Lipinski definition) is 1. The van der Waals surface area contributed by atoms with Gasteiger partial charge >= 0.3 is 0 Å². The summed E-state index contributed by atoms with van der Waals surface area (Å²) in [7, 11) is 0. The monoisotopic (exact) mass is 342 g/mol. The summed E-state index contributed by atoms with van der Waals surface area (Å²) in [6.45, 7) is 6.47. The van der Waals surface area contributed by atoms with Crippen LogP contribution >= 0.6 is 11.3 Å². The number of amides is 1. The Morgan fingerprint density at radius 2 is 2.08 bits per heavy atom. The molecule has 0 atom stereocenters. The quantitative estimate of drug-likeness (QED) is 0.790. The average molecular weight is 342 g/mol. The van der Waals surface area contributed by atoms with Gasteiger partial charge in [0.1, 0.15) is 5.69 Å². The molecule has 0 radical (unpaired) electrons. The van der Waals surface area contributed by atoms with Crippen molar-refractivity contribution in [1.82, 2.24) is 14.8 Å². The van der Waals surface area contributed by atoms with Crippen LogP contribution in [0.3, 0.4) is 0 Å². The van der Waals surface area contributed by atoms with Crippen molar-refractivity contribution >= 4 is 32.6 Å². The second-order valence-electron chi connectivity index (χ2n) is 6.08. The van der Waals surface area contributed by atoms with Crippen molar-refractivity contribution < 1.29 is 4.79 Å². The molecular weight excluding hydrogens is 324 g/mol. The van der Waals surface area contributed by atoms with Gasteiger partial charge in [0.05, 0.1) is 10.2 Å². The van der Waals surface area contributed by atoms with Gasteiger partial charge in [-0.2, -0.15) is 5.10 Å². The number of thiazole rings is 1. The zero-order valence-corrected chi connectivity index (χ0v) is 14.6. The van der Waals surface area contributed by atoms with E-state index in [1.54, 1.807) is 0 Å². The predicted molar refractivity (Wildman–Crippen MR) is 95.6 cm³/mol. The van der Waals surface area contributed by atoms with Gasteiger partial charge in [-0.25, -0.2) is 9.67 Å². The molecule has 3 rings (SSSR count). The molecule has 2 aromatic heterocycles. The molecule has 1 N–H and O–H groups in total. The van der Waals surface area contributed by atoms with Gasteiger partial charge in [-0.3, -0.25) is 14.9 Å². The number of nitrogens with zero attached hydrogens (tertiary/aromatic N) is 3. The largest absolute Gasteiger partial charge is 0.296 e. The van der Waals surface area contributed by atoms with Gasteiger partial charge in [-0.1, -0.05) is 31.3 Å². The minimum Gasteiger partial charge on any atom is -0.296 e. The lowest BCUT2D eigenvalue weighted by atomic mass is 10.2. The van der Waals surface area contributed by atoms with Crippen molar-refractivity contribution in [3.8, 4) is 0 Å². The van der Waals surface area contributed by atoms with Crippen LogP contribution in [0, 0.1) is 12.8 Å². The number of carbonyl (C=O) groups is 1. The lowest BCUT2D eigenvalue weighted by Gasteiger charge is -2.08. The number of aromatic nitrogens is 3. The summed E-state index contributed by atoms with van der Waals surface area (Å²) in [6, 6.07) is 8.75. The molecule has 0 fully saturated rings. The maximum absolute atomic E-state index is 12.4. The fourth-order valence-corrected chi connectivity index (χ4v) is 3.25. The zero-order valence-electron chi connectivity index (χ0n) is 13.7. The van der Waals surface area contributed by atoms with Crippen molar-refractivity contribution in [3.63, 3.8) is 0 Å². The molecule has 0 aliphatic rings. The highest BCUT2D eigenvalue weighted by Gasteiger charge is 2.13. The predicted octanol–water partition coefficient (Wildman–Crippen LogP) is 3.07. The fourth-order valence-electron chi connectivity index (χ4n) is 2.29. The van der Waals surface area contributed by atoms with E-state index in [4.69, 9.17) is 0 Å². The molecule has 3 aromatic rings. The van der Waals surface area contributed by atoms with E-state index in [1.807, 2.05) is 39.0 Å². The first-order valence-corrected chi connectivity index (χ1v) is 8.51. The molecule has 1 aromatic carbocycles. The van der Waals surface area contributed by atoms with Gasteiger partial charge in [0.2, 0.25) is 0 Å². The zero-order chi connectivity index (χ0) is 17.3. The first-order chi connectivity index (χ1) is 11.4. The highest BCUT2D eigenvalue weighted by molar-refractivity contribution is 7.22. The number of hydrogen-bond acceptors (Lipinski definition) is 5. The molecule has 7 heteroatoms. The molecule has 0 aliphatic heterocycles. The Labute approximate surface area is 143 Å². The lowest BCUT2D eigenvalue weighted by Crippen LogP contribution is -2.27. The molecule has 0 aliphatic carbocycles. The third kappa shape index (κ3) is 3.51. The van der Waals surface area contributed by atoms with Crippen LogP contribution in [0.2, 0.25) is 0 Å². The first kappa shape index (κ1) is 16.3. The van der Waals surface area contributed by atoms with Crippen LogP contribution in [-0.4, -0.2) is 20.7 Å². The first-order valence-electron chi connectivity index (χ1n) is 7.69. The van der Waals surface area contributed by atoms with E-state index in [9.17, 15) is 9.59 Å². The molecule has 0 saturated carbocycles. The van der Waals surface area contributed by atoms with Crippen molar-refractivity contribution in [3.05, 3.63) is 51.9 Å². The normalized spacial score (nSPS) is 11.2. The number of aryl methyl sites for hydroxylation is 1. The molecule has 1 amide bonds. The number of anilines is 1. The molecule has 0 saturated heterocycles. The summed E-state index contributed by atoms with van der Waals surface area (Å²) in [6.07, 6.45) is 0. The number of carbonyl (C=O) groups excluding carboxylic acids is 1. The standard InChI is InChI=1S/C17H18N4O2S/c1-10(2)9-21-15(22)7-6-13(20-21)16(23)19-17-18-12-5-4-11(3)8-14(12)24-17/h4-8,10H,9H2,1-3H3,(H,18,19,23). The summed E-state index contributed by atoms with van der Waals surface area (Å²) in [5, 5.41) is 7.42. The number of benzene rings is 1. The molecule has 0 spiro atoms. The minimum atomic E-state index is -0.372. The third-order valence-corrected chi connectivity index (χ3v) is 4.34. The SMILES string of the molecule is Cc1ccc2nc(NC(=O)c3ccc(=O)n(CC(C)C)n3)sc2c1. The van der Waals surface area contributed by atoms with Crippen molar-refractivity contribution in [2.24, 2.45) is 5.92 Å². The number of rotatable bonds is 4. The summed E-state index contributed by atoms with van der Waals surface area (Å²) in [5.41, 5.74) is 1.98. The lowest BCUT2D eigenvalue weighted by molar-refractivity contribution is 0.101. The average Bonchev–Trinajstić information content (AvgIpc) is 2.90.